The van der Waals surface area contributed by atoms with Gasteiger partial charge in [0.2, 0.25) is 12.7 Å². The SMILES string of the molecule is CC(C(=O)N(Cc1ccc2c(c1)OCO2)c1ccc(F)cc1)C1CNC1.Cl. The Labute approximate surface area is 163 Å². The quantitative estimate of drug-likeness (QED) is 0.847. The van der Waals surface area contributed by atoms with E-state index in [4.69, 9.17) is 9.47 Å². The Morgan fingerprint density at radius 2 is 1.89 bits per heavy atom. The predicted octanol–water partition coefficient (Wildman–Crippen LogP) is 3.36. The smallest absolute Gasteiger partial charge is 0.231 e. The maximum Gasteiger partial charge on any atom is 0.231 e. The summed E-state index contributed by atoms with van der Waals surface area (Å²) < 4.78 is 24.1. The van der Waals surface area contributed by atoms with E-state index in [2.05, 4.69) is 5.32 Å². The molecule has 1 fully saturated rings. The van der Waals surface area contributed by atoms with Crippen molar-refractivity contribution < 1.29 is 18.7 Å². The number of halogens is 2. The highest BCUT2D eigenvalue weighted by molar-refractivity contribution is 5.95. The van der Waals surface area contributed by atoms with Crippen molar-refractivity contribution in [1.82, 2.24) is 5.32 Å². The number of rotatable bonds is 5. The highest BCUT2D eigenvalue weighted by Gasteiger charge is 2.32. The topological polar surface area (TPSA) is 50.8 Å². The summed E-state index contributed by atoms with van der Waals surface area (Å²) >= 11 is 0. The standard InChI is InChI=1S/C20H21FN2O3.ClH/c1-13(15-9-22-10-15)20(24)23(17-5-3-16(21)4-6-17)11-14-2-7-18-19(8-14)26-12-25-18;/h2-8,13,15,22H,9-12H2,1H3;1H. The van der Waals surface area contributed by atoms with Crippen LogP contribution in [0.1, 0.15) is 12.5 Å². The van der Waals surface area contributed by atoms with E-state index in [1.807, 2.05) is 25.1 Å². The fourth-order valence-electron chi connectivity index (χ4n) is 3.25. The van der Waals surface area contributed by atoms with E-state index in [-0.39, 0.29) is 36.8 Å². The van der Waals surface area contributed by atoms with E-state index in [1.165, 1.54) is 12.1 Å². The zero-order valence-corrected chi connectivity index (χ0v) is 15.8. The largest absolute Gasteiger partial charge is 0.454 e. The molecule has 1 unspecified atom stereocenters. The Hall–Kier alpha value is -2.31. The maximum absolute atomic E-state index is 13.3. The van der Waals surface area contributed by atoms with Crippen molar-refractivity contribution in [1.29, 1.82) is 0 Å². The molecule has 2 aromatic rings. The van der Waals surface area contributed by atoms with E-state index in [1.54, 1.807) is 17.0 Å². The van der Waals surface area contributed by atoms with Gasteiger partial charge in [0.05, 0.1) is 6.54 Å². The molecular weight excluding hydrogens is 371 g/mol. The Bertz CT molecular complexity index is 811. The van der Waals surface area contributed by atoms with Gasteiger partial charge < -0.3 is 19.7 Å². The van der Waals surface area contributed by atoms with Crippen LogP contribution in [-0.2, 0) is 11.3 Å². The van der Waals surface area contributed by atoms with E-state index in [9.17, 15) is 9.18 Å². The molecule has 1 saturated heterocycles. The molecule has 0 aliphatic carbocycles. The Kier molecular flexibility index (Phi) is 5.87. The first-order chi connectivity index (χ1) is 12.6. The molecule has 0 spiro atoms. The van der Waals surface area contributed by atoms with Crippen LogP contribution in [0.3, 0.4) is 0 Å². The average Bonchev–Trinajstić information content (AvgIpc) is 3.06. The van der Waals surface area contributed by atoms with Crippen molar-refractivity contribution in [3.05, 3.63) is 53.8 Å². The van der Waals surface area contributed by atoms with Crippen LogP contribution < -0.4 is 19.7 Å². The van der Waals surface area contributed by atoms with Crippen molar-refractivity contribution in [2.75, 3.05) is 24.8 Å². The van der Waals surface area contributed by atoms with Crippen LogP contribution in [0.15, 0.2) is 42.5 Å². The monoisotopic (exact) mass is 392 g/mol. The lowest BCUT2D eigenvalue weighted by Crippen LogP contribution is -2.50. The van der Waals surface area contributed by atoms with Gasteiger partial charge in [0, 0.05) is 11.6 Å². The van der Waals surface area contributed by atoms with Gasteiger partial charge >= 0.3 is 0 Å². The zero-order chi connectivity index (χ0) is 18.1. The van der Waals surface area contributed by atoms with Gasteiger partial charge in [0.15, 0.2) is 11.5 Å². The summed E-state index contributed by atoms with van der Waals surface area (Å²) in [6, 6.07) is 11.7. The molecule has 1 atom stereocenters. The van der Waals surface area contributed by atoms with Crippen LogP contribution in [0.5, 0.6) is 11.5 Å². The molecule has 1 amide bonds. The molecule has 0 saturated carbocycles. The second kappa shape index (κ2) is 8.15. The Morgan fingerprint density at radius 1 is 1.19 bits per heavy atom. The number of carbonyl (C=O) groups is 1. The minimum atomic E-state index is -0.319. The van der Waals surface area contributed by atoms with Gasteiger partial charge in [-0.05, 0) is 61.0 Å². The van der Waals surface area contributed by atoms with Gasteiger partial charge in [-0.3, -0.25) is 4.79 Å². The van der Waals surface area contributed by atoms with Gasteiger partial charge in [0.25, 0.3) is 0 Å². The average molecular weight is 393 g/mol. The van der Waals surface area contributed by atoms with Crippen molar-refractivity contribution in [3.8, 4) is 11.5 Å². The Balaban J connectivity index is 0.00000210. The summed E-state index contributed by atoms with van der Waals surface area (Å²) in [6.45, 7) is 4.28. The minimum absolute atomic E-state index is 0. The van der Waals surface area contributed by atoms with Gasteiger partial charge in [-0.25, -0.2) is 4.39 Å². The molecular formula is C20H22ClFN2O3. The molecule has 0 radical (unpaired) electrons. The van der Waals surface area contributed by atoms with Crippen molar-refractivity contribution in [2.24, 2.45) is 11.8 Å². The highest BCUT2D eigenvalue weighted by Crippen LogP contribution is 2.33. The lowest BCUT2D eigenvalue weighted by molar-refractivity contribution is -0.124. The molecule has 7 heteroatoms. The molecule has 1 N–H and O–H groups in total. The lowest BCUT2D eigenvalue weighted by Gasteiger charge is -2.35. The summed E-state index contributed by atoms with van der Waals surface area (Å²) in [5.41, 5.74) is 1.62. The summed E-state index contributed by atoms with van der Waals surface area (Å²) in [6.07, 6.45) is 0. The van der Waals surface area contributed by atoms with Gasteiger partial charge in [-0.15, -0.1) is 12.4 Å². The van der Waals surface area contributed by atoms with Crippen LogP contribution in [0.25, 0.3) is 0 Å². The third-order valence-corrected chi connectivity index (χ3v) is 5.09. The third kappa shape index (κ3) is 4.01. The summed E-state index contributed by atoms with van der Waals surface area (Å²) in [5, 5.41) is 3.21. The molecule has 4 rings (SSSR count). The van der Waals surface area contributed by atoms with Crippen molar-refractivity contribution in [3.63, 3.8) is 0 Å². The number of benzene rings is 2. The van der Waals surface area contributed by atoms with E-state index >= 15 is 0 Å². The number of hydrogen-bond donors (Lipinski definition) is 1. The van der Waals surface area contributed by atoms with Gasteiger partial charge in [0.1, 0.15) is 5.82 Å². The molecule has 27 heavy (non-hydrogen) atoms. The highest BCUT2D eigenvalue weighted by atomic mass is 35.5. The maximum atomic E-state index is 13.3. The molecule has 2 aromatic carbocycles. The Morgan fingerprint density at radius 3 is 2.56 bits per heavy atom. The predicted molar refractivity (Wildman–Crippen MR) is 103 cm³/mol. The normalized spacial score (nSPS) is 16.2. The van der Waals surface area contributed by atoms with Crippen molar-refractivity contribution >= 4 is 24.0 Å². The molecule has 2 aliphatic heterocycles. The zero-order valence-electron chi connectivity index (χ0n) is 15.0. The molecule has 144 valence electrons. The second-order valence-corrected chi connectivity index (χ2v) is 6.80. The van der Waals surface area contributed by atoms with Crippen LogP contribution in [0.2, 0.25) is 0 Å². The van der Waals surface area contributed by atoms with Gasteiger partial charge in [-0.2, -0.15) is 0 Å². The van der Waals surface area contributed by atoms with E-state index < -0.39 is 0 Å². The third-order valence-electron chi connectivity index (χ3n) is 5.09. The molecule has 0 bridgehead atoms. The van der Waals surface area contributed by atoms with Crippen LogP contribution in [0, 0.1) is 17.7 Å². The number of carbonyl (C=O) groups excluding carboxylic acids is 1. The first-order valence-corrected chi connectivity index (χ1v) is 8.78. The van der Waals surface area contributed by atoms with Crippen LogP contribution in [-0.4, -0.2) is 25.8 Å². The molecule has 2 heterocycles. The number of anilines is 1. The molecule has 0 aromatic heterocycles. The number of nitrogens with one attached hydrogen (secondary N) is 1. The lowest BCUT2D eigenvalue weighted by atomic mass is 9.87. The minimum Gasteiger partial charge on any atom is -0.454 e. The summed E-state index contributed by atoms with van der Waals surface area (Å²) in [7, 11) is 0. The van der Waals surface area contributed by atoms with E-state index in [0.29, 0.717) is 29.6 Å². The first-order valence-electron chi connectivity index (χ1n) is 8.78. The number of hydrogen-bond acceptors (Lipinski definition) is 4. The van der Waals surface area contributed by atoms with Crippen LogP contribution in [0.4, 0.5) is 10.1 Å². The van der Waals surface area contributed by atoms with Gasteiger partial charge in [-0.1, -0.05) is 13.0 Å². The van der Waals surface area contributed by atoms with E-state index in [0.717, 1.165) is 18.7 Å². The first kappa shape index (κ1) is 19.5. The molecule has 5 nitrogen and oxygen atoms in total. The summed E-state index contributed by atoms with van der Waals surface area (Å²) in [5.74, 6) is 1.35. The number of nitrogens with zero attached hydrogens (tertiary/aromatic N) is 1. The number of fused-ring (bicyclic) bond motifs is 1. The van der Waals surface area contributed by atoms with Crippen LogP contribution >= 0.6 is 12.4 Å². The summed E-state index contributed by atoms with van der Waals surface area (Å²) in [4.78, 5) is 14.9. The molecule has 2 aliphatic rings. The number of amides is 1. The fourth-order valence-corrected chi connectivity index (χ4v) is 3.25. The second-order valence-electron chi connectivity index (χ2n) is 6.80. The van der Waals surface area contributed by atoms with Crippen molar-refractivity contribution in [2.45, 2.75) is 13.5 Å². The fraction of sp³-hybridized carbons (Fsp3) is 0.350. The number of ether oxygens (including phenoxy) is 2.